The summed E-state index contributed by atoms with van der Waals surface area (Å²) in [6.07, 6.45) is 16.5. The fourth-order valence-corrected chi connectivity index (χ4v) is 7.04. The molecule has 1 aromatic carbocycles. The molecule has 4 rings (SSSR count). The number of methoxy groups -OCH3 is 1. The normalized spacial score (nSPS) is 14.3. The Morgan fingerprint density at radius 2 is 1.27 bits per heavy atom. The molecule has 0 N–H and O–H groups in total. The molecule has 9 heteroatoms. The molecule has 258 valence electrons. The van der Waals surface area contributed by atoms with Gasteiger partial charge in [-0.05, 0) is 83.7 Å². The summed E-state index contributed by atoms with van der Waals surface area (Å²) in [4.78, 5) is 4.26. The molecule has 0 aliphatic heterocycles. The fraction of sp³-hybridized carbons (Fsp3) is 0.462. The van der Waals surface area contributed by atoms with Crippen LogP contribution in [0.5, 0.6) is 0 Å². The van der Waals surface area contributed by atoms with Gasteiger partial charge >= 0.3 is 0 Å². The van der Waals surface area contributed by atoms with E-state index in [-0.39, 0.29) is 11.7 Å². The Labute approximate surface area is 287 Å². The largest absolute Gasteiger partial charge is 0.748 e. The molecule has 0 aliphatic carbocycles. The van der Waals surface area contributed by atoms with Gasteiger partial charge in [-0.3, -0.25) is 4.98 Å². The number of benzene rings is 1. The van der Waals surface area contributed by atoms with Crippen LogP contribution in [0.25, 0.3) is 0 Å². The van der Waals surface area contributed by atoms with Gasteiger partial charge in [0.2, 0.25) is 0 Å². The van der Waals surface area contributed by atoms with E-state index < -0.39 is 10.1 Å². The summed E-state index contributed by atoms with van der Waals surface area (Å²) in [6.45, 7) is 7.69. The van der Waals surface area contributed by atoms with Crippen LogP contribution >= 0.6 is 0 Å². The van der Waals surface area contributed by atoms with Gasteiger partial charge < -0.3 is 14.0 Å². The zero-order valence-electron chi connectivity index (χ0n) is 28.7. The second-order valence-corrected chi connectivity index (χ2v) is 14.3. The van der Waals surface area contributed by atoms with E-state index in [9.17, 15) is 13.0 Å². The van der Waals surface area contributed by atoms with Crippen molar-refractivity contribution in [1.29, 1.82) is 0 Å². The molecule has 0 saturated heterocycles. The zero-order chi connectivity index (χ0) is 34.2. The molecule has 4 atom stereocenters. The van der Waals surface area contributed by atoms with E-state index in [1.165, 1.54) is 22.3 Å². The molecule has 0 radical (unpaired) electrons. The molecular formula is C39H52N3O5S+. The number of pyridine rings is 3. The Bertz CT molecular complexity index is 1570. The Balaban J connectivity index is 1.61. The minimum Gasteiger partial charge on any atom is -0.748 e. The maximum atomic E-state index is 11.1. The van der Waals surface area contributed by atoms with Crippen LogP contribution in [0.1, 0.15) is 91.9 Å². The summed E-state index contributed by atoms with van der Waals surface area (Å²) in [5.74, 6) is 1.02. The molecule has 4 unspecified atom stereocenters. The van der Waals surface area contributed by atoms with Crippen LogP contribution in [0.2, 0.25) is 0 Å². The van der Waals surface area contributed by atoms with Crippen molar-refractivity contribution in [2.75, 3.05) is 32.7 Å². The van der Waals surface area contributed by atoms with Crippen molar-refractivity contribution in [3.8, 4) is 0 Å². The van der Waals surface area contributed by atoms with Crippen LogP contribution in [0.3, 0.4) is 0 Å². The highest BCUT2D eigenvalue weighted by Gasteiger charge is 2.26. The zero-order valence-corrected chi connectivity index (χ0v) is 29.5. The maximum Gasteiger partial charge on any atom is 0.171 e. The predicted molar refractivity (Wildman–Crippen MR) is 187 cm³/mol. The summed E-state index contributed by atoms with van der Waals surface area (Å²) in [6, 6.07) is 24.0. The summed E-state index contributed by atoms with van der Waals surface area (Å²) in [5.41, 5.74) is 5.26. The number of nitrogens with zero attached hydrogens (tertiary/aromatic N) is 3. The van der Waals surface area contributed by atoms with Gasteiger partial charge in [0.15, 0.2) is 31.3 Å². The lowest BCUT2D eigenvalue weighted by molar-refractivity contribution is -0.698. The highest BCUT2D eigenvalue weighted by atomic mass is 32.2. The lowest BCUT2D eigenvalue weighted by Crippen LogP contribution is -2.35. The predicted octanol–water partition coefficient (Wildman–Crippen LogP) is 6.29. The molecule has 0 aliphatic rings. The van der Waals surface area contributed by atoms with Gasteiger partial charge in [0, 0.05) is 55.9 Å². The van der Waals surface area contributed by atoms with E-state index in [1.807, 2.05) is 29.4 Å². The number of aromatic nitrogens is 3. The topological polar surface area (TPSA) is 96.3 Å². The first-order valence-corrected chi connectivity index (χ1v) is 18.8. The third kappa shape index (κ3) is 12.5. The van der Waals surface area contributed by atoms with Crippen molar-refractivity contribution in [2.24, 2.45) is 0 Å². The first-order chi connectivity index (χ1) is 23.3. The van der Waals surface area contributed by atoms with Crippen LogP contribution in [-0.2, 0) is 32.7 Å². The molecular weight excluding hydrogens is 623 g/mol. The number of ether oxygens (including phenoxy) is 2. The fourth-order valence-electron chi connectivity index (χ4n) is 6.56. The van der Waals surface area contributed by atoms with Crippen LogP contribution in [0, 0.1) is 0 Å². The van der Waals surface area contributed by atoms with Crippen molar-refractivity contribution >= 4 is 10.1 Å². The molecule has 0 bridgehead atoms. The number of aryl methyl sites for hydroxylation is 1. The molecule has 0 spiro atoms. The first kappa shape index (κ1) is 37.3. The lowest BCUT2D eigenvalue weighted by atomic mass is 9.75. The minimum atomic E-state index is -4.22. The molecule has 8 nitrogen and oxygen atoms in total. The molecule has 3 heterocycles. The highest BCUT2D eigenvalue weighted by Crippen LogP contribution is 2.41. The molecule has 0 fully saturated rings. The third-order valence-electron chi connectivity index (χ3n) is 9.33. The van der Waals surface area contributed by atoms with Gasteiger partial charge in [-0.2, -0.15) is 0 Å². The van der Waals surface area contributed by atoms with Gasteiger partial charge in [-0.1, -0.05) is 44.2 Å². The average molecular weight is 675 g/mol. The monoisotopic (exact) mass is 674 g/mol. The first-order valence-electron chi connectivity index (χ1n) is 17.2. The summed E-state index contributed by atoms with van der Waals surface area (Å²) >= 11 is 0. The van der Waals surface area contributed by atoms with Crippen LogP contribution < -0.4 is 9.13 Å². The molecule has 4 aromatic rings. The van der Waals surface area contributed by atoms with Gasteiger partial charge in [-0.25, -0.2) is 17.6 Å². The van der Waals surface area contributed by atoms with Crippen molar-refractivity contribution in [2.45, 2.75) is 82.7 Å². The quantitative estimate of drug-likeness (QED) is 0.0586. The van der Waals surface area contributed by atoms with E-state index in [2.05, 4.69) is 103 Å². The number of hydrogen-bond acceptors (Lipinski definition) is 6. The SMILES string of the molecule is CCC(CC(CC(CC(C)c1ccccc1)c1cc[n+](CCOCCOC)cc1)c1cc[n+](CCCS(=O)(=O)[O-])cc1)c1ccncc1. The van der Waals surface area contributed by atoms with Gasteiger partial charge in [-0.15, -0.1) is 0 Å². The summed E-state index contributed by atoms with van der Waals surface area (Å²) < 4.78 is 48.3. The van der Waals surface area contributed by atoms with Gasteiger partial charge in [0.25, 0.3) is 0 Å². The van der Waals surface area contributed by atoms with Crippen molar-refractivity contribution in [3.05, 3.63) is 126 Å². The second kappa shape index (κ2) is 19.5. The Kier molecular flexibility index (Phi) is 15.2. The summed E-state index contributed by atoms with van der Waals surface area (Å²) in [5, 5.41) is 0. The third-order valence-corrected chi connectivity index (χ3v) is 10.1. The maximum absolute atomic E-state index is 11.1. The molecule has 48 heavy (non-hydrogen) atoms. The van der Waals surface area contributed by atoms with Crippen LogP contribution in [0.15, 0.2) is 104 Å². The van der Waals surface area contributed by atoms with Gasteiger partial charge in [0.05, 0.1) is 23.3 Å². The second-order valence-electron chi connectivity index (χ2n) is 12.8. The van der Waals surface area contributed by atoms with E-state index in [0.717, 1.165) is 32.2 Å². The van der Waals surface area contributed by atoms with Crippen molar-refractivity contribution in [3.63, 3.8) is 0 Å². The number of hydrogen-bond donors (Lipinski definition) is 0. The minimum absolute atomic E-state index is 0.286. The van der Waals surface area contributed by atoms with Crippen LogP contribution in [-0.4, -0.2) is 50.6 Å². The standard InChI is InChI=1S/C39H52N3O5S/c1-4-33(35-11-17-40-18-12-35)30-39(37-13-20-41(21-14-37)19-8-28-48(43,44)45)31-38(29-32(2)34-9-6-5-7-10-34)36-15-22-42(23-16-36)24-25-47-27-26-46-3/h5-7,9-18,20-23,32-33,38-39H,4,8,19,24-31H2,1-3H3/q+1. The Morgan fingerprint density at radius 3 is 1.85 bits per heavy atom. The number of rotatable bonds is 21. The lowest BCUT2D eigenvalue weighted by Gasteiger charge is -2.29. The van der Waals surface area contributed by atoms with Crippen molar-refractivity contribution in [1.82, 2.24) is 4.98 Å². The average Bonchev–Trinajstić information content (AvgIpc) is 3.10. The van der Waals surface area contributed by atoms with Crippen LogP contribution in [0.4, 0.5) is 0 Å². The van der Waals surface area contributed by atoms with E-state index in [4.69, 9.17) is 9.47 Å². The molecule has 0 amide bonds. The molecule has 0 saturated carbocycles. The van der Waals surface area contributed by atoms with Crippen molar-refractivity contribution < 1.29 is 31.6 Å². The van der Waals surface area contributed by atoms with E-state index in [1.54, 1.807) is 7.11 Å². The highest BCUT2D eigenvalue weighted by molar-refractivity contribution is 7.85. The molecule has 3 aromatic heterocycles. The Morgan fingerprint density at radius 1 is 0.708 bits per heavy atom. The summed E-state index contributed by atoms with van der Waals surface area (Å²) in [7, 11) is -2.54. The van der Waals surface area contributed by atoms with E-state index in [0.29, 0.717) is 50.5 Å². The van der Waals surface area contributed by atoms with E-state index >= 15 is 0 Å². The van der Waals surface area contributed by atoms with Gasteiger partial charge in [0.1, 0.15) is 13.2 Å². The Hall–Kier alpha value is -3.50. The smallest absolute Gasteiger partial charge is 0.171 e.